The van der Waals surface area contributed by atoms with Crippen molar-refractivity contribution in [3.8, 4) is 34.9 Å². The summed E-state index contributed by atoms with van der Waals surface area (Å²) in [5.74, 6) is -1.39. The standard InChI is InChI=1S/C34H43F2N4O6.C31H39F2N4O6.C30H37F2N4O6.3V/c1-6-19-25(16-41)40-15-27(19)45-31-29(37-23-11-10-18(44-5)14-24(23)38-31)28(36)22(35)9-7-8-20-21-12-17(21)13-26(20)46-33(43)39-30(32(40)42)34(2,3)4;1-16-22(15-38)37-14-23(16)42-27-25(34-20-11-10-18(41-6)12-21(20)35-27)24(33)19(32)9-7-8-17-13-31(17,5)43-29(40)36-26(28(37)39)30(2,3)4;1-15-21(14-37)36-13-23(15)41-27-25(33-19-10-9-17(40-5)12-20(19)34-27)24(32)18(31)8-6-7-16-11-22(16)42-29(39)35-26(28(36)38)30(2,3)4;;;/h10-11,14,17,19-22,25-28,30H,6-9,12-13,15H2,1-5H3,(H,39,43);10-12,16-17,19,22-24,26H,7-9,13-14H2,1-6H3,(H,36,40);9-10,12,15-16,18,21-24,26H,6-8,11,13H2,1-5H3,(H,35,39);;;/q3*-1;;;/t17?,19-,20+,21?,22?,25+,26+,27-,28?,30+;16-,17+,19?,22+,23-,24?,26+,31+;15-,16+,18?,21+,22+,23-,24?,26+;;;/m000.../s1. The van der Waals surface area contributed by atoms with Gasteiger partial charge in [-0.15, -0.1) is 0 Å². The molecule has 6 bridgehead atoms. The Hall–Kier alpha value is -8.96. The molecule has 7 fully saturated rings. The number of halogens is 6. The molecule has 6 aromatic rings. The van der Waals surface area contributed by atoms with Crippen LogP contribution in [0.4, 0.5) is 40.7 Å². The Kier molecular flexibility index (Phi) is 33.8. The van der Waals surface area contributed by atoms with E-state index in [2.05, 4.69) is 45.9 Å². The molecule has 727 valence electrons. The third-order valence-electron chi connectivity index (χ3n) is 27.8. The van der Waals surface area contributed by atoms with Crippen LogP contribution in [-0.2, 0) is 98.6 Å². The molecule has 4 saturated carbocycles. The molecular weight excluding hydrogens is 1860 g/mol. The summed E-state index contributed by atoms with van der Waals surface area (Å²) in [5, 5.41) is 8.24. The largest absolute Gasteiger partial charge is 0.540 e. The second kappa shape index (κ2) is 43.0. The van der Waals surface area contributed by atoms with Gasteiger partial charge in [-0.05, 0) is 165 Å². The number of aromatic nitrogens is 6. The topological polar surface area (TPSA) is 360 Å². The number of nitrogens with one attached hydrogen (secondary N) is 3. The fourth-order valence-electron chi connectivity index (χ4n) is 19.6. The first kappa shape index (κ1) is 106. The zero-order chi connectivity index (χ0) is 94.5. The molecule has 0 spiro atoms. The third-order valence-corrected chi connectivity index (χ3v) is 27.8. The van der Waals surface area contributed by atoms with Gasteiger partial charge in [-0.2, -0.15) is 0 Å². The molecule has 16 rings (SSSR count). The van der Waals surface area contributed by atoms with Crippen LogP contribution in [0.3, 0.4) is 0 Å². The van der Waals surface area contributed by atoms with E-state index in [9.17, 15) is 43.2 Å². The summed E-state index contributed by atoms with van der Waals surface area (Å²) in [4.78, 5) is 149. The second-order valence-electron chi connectivity index (χ2n) is 40.1. The summed E-state index contributed by atoms with van der Waals surface area (Å²) in [5.41, 5.74) is -1.67. The number of amides is 6. The van der Waals surface area contributed by atoms with E-state index in [4.69, 9.17) is 42.6 Å². The number of carbonyl (C=O) groups is 6. The molecule has 26 atom stereocenters. The van der Waals surface area contributed by atoms with Crippen molar-refractivity contribution in [1.29, 1.82) is 0 Å². The zero-order valence-corrected chi connectivity index (χ0v) is 82.3. The van der Waals surface area contributed by atoms with Gasteiger partial charge < -0.3 is 87.7 Å². The summed E-state index contributed by atoms with van der Waals surface area (Å²) in [6.45, 7) is 23.2. The number of alkyl halides is 6. The Morgan fingerprint density at radius 1 is 0.433 bits per heavy atom. The maximum atomic E-state index is 16.1. The SMILES string of the molecule is CC[C@@H]1[C@@H]2CN(C(=O)[C@H](C(C)(C)C)NC(=O)O[C@@H]3CC4CC4[C@H]3CCCC(F)C(F)c3nc4ccc(OC)cc4nc3O2)[C@@H]1[C-]=O.COc1ccc2nc3c(nc2c1)O[C@H]1CN(C(=O)[C@H](C(C)(C)C)NC(=O)O[C@@H]2C[C@H]2CCCC(F)C3F)[C@H]([C-]=O)[C@@H]1C.COc1ccc2nc3c(nc2c1)O[C@H]1CN(C(=O)[C@H](C(C)(C)C)NC(=O)O[C@]2(C)C[C@H]2CCCC(F)C3F)[C@H]([C-]=O)[C@@H]1C.[V].[V].[V]. The van der Waals surface area contributed by atoms with Crippen molar-refractivity contribution in [3.63, 3.8) is 0 Å². The van der Waals surface area contributed by atoms with Crippen LogP contribution in [0.1, 0.15) is 215 Å². The minimum Gasteiger partial charge on any atom is -0.540 e. The molecule has 3 radical (unpaired) electrons. The summed E-state index contributed by atoms with van der Waals surface area (Å²) >= 11 is 0. The Labute approximate surface area is 811 Å². The summed E-state index contributed by atoms with van der Waals surface area (Å²) < 4.78 is 146. The van der Waals surface area contributed by atoms with Gasteiger partial charge in [0, 0.05) is 79.8 Å². The van der Waals surface area contributed by atoms with Gasteiger partial charge in [0.15, 0.2) is 18.5 Å². The number of benzene rings is 3. The van der Waals surface area contributed by atoms with E-state index in [1.807, 2.05) is 46.6 Å². The van der Waals surface area contributed by atoms with Gasteiger partial charge in [0.05, 0.1) is 74.1 Å². The number of hydrogen-bond acceptors (Lipinski definition) is 24. The van der Waals surface area contributed by atoms with Gasteiger partial charge in [0.1, 0.15) is 107 Å². The van der Waals surface area contributed by atoms with Crippen molar-refractivity contribution in [2.75, 3.05) is 41.0 Å². The Bertz CT molecular complexity index is 5260. The van der Waals surface area contributed by atoms with E-state index in [1.54, 1.807) is 117 Å². The number of hydrogen-bond donors (Lipinski definition) is 3. The van der Waals surface area contributed by atoms with Gasteiger partial charge in [-0.3, -0.25) is 14.4 Å². The second-order valence-corrected chi connectivity index (χ2v) is 40.1. The van der Waals surface area contributed by atoms with Crippen LogP contribution in [0.5, 0.6) is 34.9 Å². The molecule has 39 heteroatoms. The smallest absolute Gasteiger partial charge is 0.408 e. The van der Waals surface area contributed by atoms with Crippen molar-refractivity contribution >= 4 is 88.0 Å². The minimum absolute atomic E-state index is 0. The van der Waals surface area contributed by atoms with Crippen LogP contribution in [0.15, 0.2) is 54.6 Å². The Balaban J connectivity index is 0.000000192. The summed E-state index contributed by atoms with van der Waals surface area (Å²) in [6.07, 6.45) is -5.45. The average molecular weight is 1980 g/mol. The minimum atomic E-state index is -2.13. The molecule has 6 aliphatic heterocycles. The quantitative estimate of drug-likeness (QED) is 0.0759. The first-order valence-electron chi connectivity index (χ1n) is 45.5. The van der Waals surface area contributed by atoms with Crippen LogP contribution in [0.2, 0.25) is 0 Å². The summed E-state index contributed by atoms with van der Waals surface area (Å²) in [6, 6.07) is 8.61. The van der Waals surface area contributed by atoms with Crippen LogP contribution in [0.25, 0.3) is 33.1 Å². The van der Waals surface area contributed by atoms with E-state index >= 15 is 26.3 Å². The van der Waals surface area contributed by atoms with Crippen molar-refractivity contribution in [1.82, 2.24) is 60.6 Å². The molecule has 9 heterocycles. The number of rotatable bonds is 7. The molecule has 3 aromatic carbocycles. The Morgan fingerprint density at radius 2 is 0.791 bits per heavy atom. The van der Waals surface area contributed by atoms with Gasteiger partial charge in [0.25, 0.3) is 0 Å². The molecule has 3 N–H and O–H groups in total. The van der Waals surface area contributed by atoms with Crippen molar-refractivity contribution < 1.29 is 168 Å². The molecule has 134 heavy (non-hydrogen) atoms. The van der Waals surface area contributed by atoms with Gasteiger partial charge in [-0.1, -0.05) is 127 Å². The zero-order valence-electron chi connectivity index (χ0n) is 78.1. The molecule has 6 amide bonds. The molecular formula is C95H119F6N12O18V3-3. The molecule has 4 aliphatic carbocycles. The fourth-order valence-corrected chi connectivity index (χ4v) is 19.6. The predicted octanol–water partition coefficient (Wildman–Crippen LogP) is 14.6. The number of ether oxygens (including phenoxy) is 9. The molecule has 3 aromatic heterocycles. The Morgan fingerprint density at radius 3 is 1.18 bits per heavy atom. The number of fused-ring (bicyclic) bond motifs is 17. The normalized spacial score (nSPS) is 33.0. The third kappa shape index (κ3) is 23.0. The van der Waals surface area contributed by atoms with E-state index in [1.165, 1.54) is 36.0 Å². The number of nitrogens with zero attached hydrogens (tertiary/aromatic N) is 9. The number of carbonyl (C=O) groups excluding carboxylic acids is 9. The summed E-state index contributed by atoms with van der Waals surface area (Å²) in [7, 11) is 4.50. The first-order valence-corrected chi connectivity index (χ1v) is 45.5. The van der Waals surface area contributed by atoms with Gasteiger partial charge in [-0.25, -0.2) is 89.5 Å². The molecule has 10 aliphatic rings. The van der Waals surface area contributed by atoms with E-state index < -0.39 is 167 Å². The fraction of sp³-hybridized carbons (Fsp3) is 0.653. The first-order chi connectivity index (χ1) is 62.1. The number of methoxy groups -OCH3 is 3. The maximum absolute atomic E-state index is 16.1. The van der Waals surface area contributed by atoms with Crippen molar-refractivity contribution in [2.45, 2.75) is 289 Å². The molecule has 8 unspecified atom stereocenters. The predicted molar refractivity (Wildman–Crippen MR) is 465 cm³/mol. The monoisotopic (exact) mass is 1980 g/mol. The van der Waals surface area contributed by atoms with Crippen LogP contribution >= 0.6 is 0 Å². The van der Waals surface area contributed by atoms with E-state index in [0.29, 0.717) is 126 Å². The van der Waals surface area contributed by atoms with Crippen LogP contribution < -0.4 is 44.4 Å². The van der Waals surface area contributed by atoms with Crippen LogP contribution in [0, 0.1) is 63.6 Å². The molecule has 30 nitrogen and oxygen atoms in total. The van der Waals surface area contributed by atoms with Crippen molar-refractivity contribution in [3.05, 3.63) is 71.7 Å². The number of alkyl carbamates (subject to hydrolysis) is 3. The average Bonchev–Trinajstić information content (AvgIpc) is 1.60. The van der Waals surface area contributed by atoms with Gasteiger partial charge in [0.2, 0.25) is 35.4 Å². The van der Waals surface area contributed by atoms with Gasteiger partial charge >= 0.3 is 18.3 Å². The van der Waals surface area contributed by atoms with E-state index in [-0.39, 0.29) is 159 Å². The van der Waals surface area contributed by atoms with E-state index in [0.717, 1.165) is 6.42 Å². The maximum Gasteiger partial charge on any atom is 0.408 e. The molecule has 3 saturated heterocycles. The van der Waals surface area contributed by atoms with Crippen molar-refractivity contribution in [2.24, 2.45) is 63.6 Å². The van der Waals surface area contributed by atoms with Crippen LogP contribution in [-0.4, -0.2) is 231 Å².